The van der Waals surface area contributed by atoms with Crippen LogP contribution in [0.1, 0.15) is 47.9 Å². The van der Waals surface area contributed by atoms with Crippen molar-refractivity contribution in [2.75, 3.05) is 39.4 Å². The minimum Gasteiger partial charge on any atom is -0.484 e. The molecule has 340 valence electrons. The largest absolute Gasteiger partial charge is 0.484 e. The van der Waals surface area contributed by atoms with Gasteiger partial charge in [-0.05, 0) is 136 Å². The second kappa shape index (κ2) is 25.5. The summed E-state index contributed by atoms with van der Waals surface area (Å²) in [5.74, 6) is 2.31. The number of ether oxygens (including phenoxy) is 4. The number of likely N-dealkylation sites (tertiary alicyclic amines) is 2. The van der Waals surface area contributed by atoms with E-state index in [-0.39, 0.29) is 25.2 Å². The highest BCUT2D eigenvalue weighted by molar-refractivity contribution is 5.77. The quantitative estimate of drug-likeness (QED) is 0.0903. The molecule has 65 heavy (non-hydrogen) atoms. The van der Waals surface area contributed by atoms with Crippen LogP contribution in [-0.2, 0) is 22.7 Å². The highest BCUT2D eigenvalue weighted by atomic mass is 16.5. The zero-order valence-corrected chi connectivity index (χ0v) is 37.3. The van der Waals surface area contributed by atoms with Gasteiger partial charge in [-0.15, -0.1) is 0 Å². The van der Waals surface area contributed by atoms with Gasteiger partial charge in [0.25, 0.3) is 5.91 Å². The summed E-state index contributed by atoms with van der Waals surface area (Å²) in [4.78, 5) is 35.8. The Balaban J connectivity index is 0.000000178. The van der Waals surface area contributed by atoms with Crippen LogP contribution in [0.2, 0.25) is 0 Å². The number of carboxylic acid groups (broad SMARTS) is 1. The summed E-state index contributed by atoms with van der Waals surface area (Å²) in [5, 5.41) is 11.6. The fourth-order valence-electron chi connectivity index (χ4n) is 7.23. The number of amides is 1. The Morgan fingerprint density at radius 1 is 0.585 bits per heavy atom. The fourth-order valence-corrected chi connectivity index (χ4v) is 7.23. The number of benzene rings is 4. The Morgan fingerprint density at radius 3 is 1.43 bits per heavy atom. The van der Waals surface area contributed by atoms with Crippen LogP contribution in [0.25, 0.3) is 0 Å². The zero-order valence-electron chi connectivity index (χ0n) is 37.3. The third-order valence-corrected chi connectivity index (χ3v) is 11.0. The Labute approximate surface area is 382 Å². The van der Waals surface area contributed by atoms with Crippen LogP contribution in [0.5, 0.6) is 34.8 Å². The van der Waals surface area contributed by atoms with Crippen molar-refractivity contribution in [2.24, 2.45) is 5.73 Å². The fraction of sp³-hybridized carbons (Fsp3) is 0.308. The summed E-state index contributed by atoms with van der Waals surface area (Å²) < 4.78 is 21.8. The van der Waals surface area contributed by atoms with Crippen LogP contribution < -0.4 is 30.0 Å². The van der Waals surface area contributed by atoms with E-state index < -0.39 is 5.97 Å². The normalized spacial score (nSPS) is 14.4. The van der Waals surface area contributed by atoms with Crippen molar-refractivity contribution < 1.29 is 33.6 Å². The van der Waals surface area contributed by atoms with Crippen LogP contribution in [0, 0.1) is 13.8 Å². The Hall–Kier alpha value is -6.80. The third-order valence-electron chi connectivity index (χ3n) is 11.0. The number of nitrogens with zero attached hydrogens (tertiary/aromatic N) is 4. The molecule has 13 nitrogen and oxygen atoms in total. The number of rotatable bonds is 15. The molecule has 8 rings (SSSR count). The predicted octanol–water partition coefficient (Wildman–Crippen LogP) is 8.60. The van der Waals surface area contributed by atoms with Gasteiger partial charge in [0.15, 0.2) is 13.2 Å². The van der Waals surface area contributed by atoms with Gasteiger partial charge >= 0.3 is 5.97 Å². The van der Waals surface area contributed by atoms with Gasteiger partial charge in [0.05, 0.1) is 0 Å². The van der Waals surface area contributed by atoms with E-state index in [0.717, 1.165) is 65.0 Å². The molecule has 0 radical (unpaired) electrons. The molecule has 0 spiro atoms. The molecule has 2 aliphatic heterocycles. The molecule has 2 aliphatic rings. The van der Waals surface area contributed by atoms with Crippen LogP contribution in [0.15, 0.2) is 146 Å². The van der Waals surface area contributed by atoms with Gasteiger partial charge in [0, 0.05) is 62.8 Å². The van der Waals surface area contributed by atoms with Gasteiger partial charge in [-0.25, -0.2) is 14.8 Å². The number of aliphatic carboxylic acids is 1. The standard InChI is InChI=1S/C26H29N3O3.C13H20N2.C13H11NO4/c1-20-6-2-3-7-21(20)18-29-16-13-22(14-17-29)28-25(30)19-31-23-9-11-24(12-10-23)32-26-8-4-5-15-27-26;1-11-4-2-3-5-12(11)10-15-8-6-13(14)7-9-15;15-13(16)9-17-10-4-6-11(7-5-10)18-12-3-1-2-8-14-12/h2-12,15,22H,13-14,16-19H2,1H3,(H,28,30);2-5,13H,6-10,14H2,1H3;1-8H,9H2,(H,15,16). The third kappa shape index (κ3) is 17.0. The van der Waals surface area contributed by atoms with Crippen molar-refractivity contribution in [3.8, 4) is 34.8 Å². The number of aryl methyl sites for hydroxylation is 2. The molecule has 13 heteroatoms. The van der Waals surface area contributed by atoms with Crippen molar-refractivity contribution in [3.63, 3.8) is 0 Å². The molecule has 0 saturated carbocycles. The number of carbonyl (C=O) groups excluding carboxylic acids is 1. The minimum absolute atomic E-state index is 0.00384. The minimum atomic E-state index is -1.01. The number of nitrogens with one attached hydrogen (secondary N) is 1. The molecule has 0 bridgehead atoms. The van der Waals surface area contributed by atoms with Gasteiger partial charge in [-0.3, -0.25) is 14.6 Å². The molecule has 2 saturated heterocycles. The number of hydrogen-bond donors (Lipinski definition) is 3. The first-order valence-corrected chi connectivity index (χ1v) is 22.1. The summed E-state index contributed by atoms with van der Waals surface area (Å²) in [5.41, 5.74) is 11.4. The highest BCUT2D eigenvalue weighted by Crippen LogP contribution is 2.24. The van der Waals surface area contributed by atoms with Gasteiger partial charge in [-0.1, -0.05) is 60.7 Å². The summed E-state index contributed by atoms with van der Waals surface area (Å²) in [6.45, 7) is 10.3. The molecule has 2 fully saturated rings. The Kier molecular flexibility index (Phi) is 18.7. The number of carboxylic acids is 1. The van der Waals surface area contributed by atoms with Crippen molar-refractivity contribution >= 4 is 11.9 Å². The maximum atomic E-state index is 12.3. The smallest absolute Gasteiger partial charge is 0.341 e. The maximum absolute atomic E-state index is 12.3. The van der Waals surface area contributed by atoms with E-state index in [9.17, 15) is 9.59 Å². The number of nitrogens with two attached hydrogens (primary N) is 1. The van der Waals surface area contributed by atoms with Gasteiger partial charge in [0.2, 0.25) is 11.8 Å². The lowest BCUT2D eigenvalue weighted by Crippen LogP contribution is -2.45. The molecular formula is C52H60N6O7. The number of carbonyl (C=O) groups is 2. The van der Waals surface area contributed by atoms with E-state index in [1.165, 1.54) is 22.3 Å². The summed E-state index contributed by atoms with van der Waals surface area (Å²) in [6.07, 6.45) is 7.52. The molecule has 0 aliphatic carbocycles. The average molecular weight is 881 g/mol. The second-order valence-corrected chi connectivity index (χ2v) is 16.0. The molecule has 6 aromatic rings. The average Bonchev–Trinajstić information content (AvgIpc) is 3.32. The monoisotopic (exact) mass is 880 g/mol. The molecular weight excluding hydrogens is 821 g/mol. The van der Waals surface area contributed by atoms with Crippen LogP contribution in [0.4, 0.5) is 0 Å². The topological polar surface area (TPSA) is 162 Å². The SMILES string of the molecule is Cc1ccccc1CN1CCC(N)CC1.Cc1ccccc1CN1CCC(NC(=O)COc2ccc(Oc3ccccn3)cc2)CC1.O=C(O)COc1ccc(Oc2ccccn2)cc1. The molecule has 0 unspecified atom stereocenters. The number of pyridine rings is 2. The van der Waals surface area contributed by atoms with Crippen molar-refractivity contribution in [3.05, 3.63) is 168 Å². The molecule has 4 aromatic carbocycles. The lowest BCUT2D eigenvalue weighted by atomic mass is 10.0. The van der Waals surface area contributed by atoms with E-state index in [0.29, 0.717) is 40.8 Å². The first-order chi connectivity index (χ1) is 31.6. The lowest BCUT2D eigenvalue weighted by molar-refractivity contribution is -0.139. The predicted molar refractivity (Wildman–Crippen MR) is 251 cm³/mol. The van der Waals surface area contributed by atoms with Crippen LogP contribution >= 0.6 is 0 Å². The summed E-state index contributed by atoms with van der Waals surface area (Å²) >= 11 is 0. The van der Waals surface area contributed by atoms with Gasteiger partial charge in [0.1, 0.15) is 23.0 Å². The van der Waals surface area contributed by atoms with E-state index in [1.54, 1.807) is 79.1 Å². The zero-order chi connectivity index (χ0) is 45.6. The highest BCUT2D eigenvalue weighted by Gasteiger charge is 2.21. The molecule has 4 N–H and O–H groups in total. The van der Waals surface area contributed by atoms with Crippen molar-refractivity contribution in [2.45, 2.75) is 64.7 Å². The van der Waals surface area contributed by atoms with E-state index in [2.05, 4.69) is 87.5 Å². The number of piperidine rings is 2. The number of hydrogen-bond acceptors (Lipinski definition) is 11. The first-order valence-electron chi connectivity index (χ1n) is 22.1. The lowest BCUT2D eigenvalue weighted by Gasteiger charge is -2.32. The number of aromatic nitrogens is 2. The summed E-state index contributed by atoms with van der Waals surface area (Å²) in [7, 11) is 0. The Bertz CT molecular complexity index is 2320. The molecule has 2 aromatic heterocycles. The van der Waals surface area contributed by atoms with Gasteiger partial charge in [-0.2, -0.15) is 0 Å². The van der Waals surface area contributed by atoms with Crippen LogP contribution in [0.3, 0.4) is 0 Å². The van der Waals surface area contributed by atoms with E-state index in [1.807, 2.05) is 18.2 Å². The molecule has 4 heterocycles. The van der Waals surface area contributed by atoms with E-state index >= 15 is 0 Å². The molecule has 1 amide bonds. The van der Waals surface area contributed by atoms with E-state index in [4.69, 9.17) is 29.8 Å². The first kappa shape index (κ1) is 47.7. The Morgan fingerprint density at radius 2 is 1.00 bits per heavy atom. The van der Waals surface area contributed by atoms with Gasteiger partial charge < -0.3 is 35.1 Å². The second-order valence-electron chi connectivity index (χ2n) is 16.0. The van der Waals surface area contributed by atoms with Crippen molar-refractivity contribution in [1.82, 2.24) is 25.1 Å². The summed E-state index contributed by atoms with van der Waals surface area (Å²) in [6, 6.07) is 42.5. The van der Waals surface area contributed by atoms with Crippen molar-refractivity contribution in [1.29, 1.82) is 0 Å². The molecule has 0 atom stereocenters. The maximum Gasteiger partial charge on any atom is 0.341 e. The van der Waals surface area contributed by atoms with Crippen LogP contribution in [-0.4, -0.2) is 88.2 Å².